The van der Waals surface area contributed by atoms with E-state index in [0.29, 0.717) is 21.0 Å². The van der Waals surface area contributed by atoms with E-state index in [1.165, 1.54) is 11.3 Å². The molecule has 4 nitrogen and oxygen atoms in total. The number of aromatic nitrogens is 3. The van der Waals surface area contributed by atoms with E-state index in [2.05, 4.69) is 37.5 Å². The van der Waals surface area contributed by atoms with Gasteiger partial charge in [0.25, 0.3) is 0 Å². The highest BCUT2D eigenvalue weighted by atomic mass is 127. The second-order valence-electron chi connectivity index (χ2n) is 2.80. The third-order valence-electron chi connectivity index (χ3n) is 1.71. The van der Waals surface area contributed by atoms with Crippen molar-refractivity contribution in [3.63, 3.8) is 0 Å². The second kappa shape index (κ2) is 4.18. The summed E-state index contributed by atoms with van der Waals surface area (Å²) in [6.45, 7) is 1.89. The normalized spacial score (nSPS) is 10.6. The zero-order chi connectivity index (χ0) is 11.0. The summed E-state index contributed by atoms with van der Waals surface area (Å²) in [5.41, 5.74) is 6.60. The van der Waals surface area contributed by atoms with Crippen molar-refractivity contribution in [1.82, 2.24) is 15.0 Å². The molecule has 0 saturated heterocycles. The van der Waals surface area contributed by atoms with E-state index in [9.17, 15) is 0 Å². The number of hydrogen-bond acceptors (Lipinski definition) is 5. The molecule has 0 amide bonds. The van der Waals surface area contributed by atoms with Crippen molar-refractivity contribution in [3.8, 4) is 10.8 Å². The highest BCUT2D eigenvalue weighted by Crippen LogP contribution is 2.27. The lowest BCUT2D eigenvalue weighted by molar-refractivity contribution is 1.09. The minimum atomic E-state index is 0.476. The largest absolute Gasteiger partial charge is 0.383 e. The molecule has 15 heavy (non-hydrogen) atoms. The van der Waals surface area contributed by atoms with E-state index >= 15 is 0 Å². The van der Waals surface area contributed by atoms with Gasteiger partial charge in [-0.3, -0.25) is 0 Å². The fourth-order valence-corrected chi connectivity index (χ4v) is 2.12. The summed E-state index contributed by atoms with van der Waals surface area (Å²) in [6.07, 6.45) is 1.58. The lowest BCUT2D eigenvalue weighted by atomic mass is 10.4. The molecule has 0 aliphatic heterocycles. The van der Waals surface area contributed by atoms with Gasteiger partial charge in [0.05, 0.1) is 15.5 Å². The average molecular weight is 353 g/mol. The van der Waals surface area contributed by atoms with Crippen LogP contribution in [0.4, 0.5) is 5.82 Å². The van der Waals surface area contributed by atoms with Gasteiger partial charge in [-0.2, -0.15) is 0 Å². The maximum Gasteiger partial charge on any atom is 0.191 e. The highest BCUT2D eigenvalue weighted by molar-refractivity contribution is 14.1. The zero-order valence-corrected chi connectivity index (χ0v) is 11.4. The molecule has 2 rings (SSSR count). The van der Waals surface area contributed by atoms with E-state index in [-0.39, 0.29) is 0 Å². The van der Waals surface area contributed by atoms with Gasteiger partial charge in [-0.1, -0.05) is 22.9 Å². The molecule has 2 heterocycles. The number of anilines is 1. The van der Waals surface area contributed by atoms with Gasteiger partial charge >= 0.3 is 0 Å². The van der Waals surface area contributed by atoms with Gasteiger partial charge in [0.2, 0.25) is 0 Å². The molecule has 2 N–H and O–H groups in total. The Labute approximate surface area is 109 Å². The van der Waals surface area contributed by atoms with E-state index in [4.69, 9.17) is 17.3 Å². The molecule has 78 valence electrons. The molecule has 0 aliphatic carbocycles. The summed E-state index contributed by atoms with van der Waals surface area (Å²) in [4.78, 5) is 12.6. The molecule has 0 radical (unpaired) electrons. The van der Waals surface area contributed by atoms with Gasteiger partial charge in [0.1, 0.15) is 10.2 Å². The predicted octanol–water partition coefficient (Wildman–Crippen LogP) is 2.75. The Hall–Kier alpha value is -0.470. The summed E-state index contributed by atoms with van der Waals surface area (Å²) < 4.78 is 1.49. The molecular formula is C8H6ClIN4S. The number of halogens is 2. The molecule has 2 aromatic rings. The van der Waals surface area contributed by atoms with Gasteiger partial charge < -0.3 is 5.73 Å². The quantitative estimate of drug-likeness (QED) is 0.802. The van der Waals surface area contributed by atoms with E-state index in [1.54, 1.807) is 6.20 Å². The Morgan fingerprint density at radius 1 is 1.47 bits per heavy atom. The van der Waals surface area contributed by atoms with Crippen molar-refractivity contribution in [2.24, 2.45) is 0 Å². The number of rotatable bonds is 1. The maximum atomic E-state index is 5.79. The van der Waals surface area contributed by atoms with Gasteiger partial charge in [0, 0.05) is 0 Å². The summed E-state index contributed by atoms with van der Waals surface area (Å²) >= 11 is 9.24. The zero-order valence-electron chi connectivity index (χ0n) is 7.66. The first kappa shape index (κ1) is 11.0. The van der Waals surface area contributed by atoms with Gasteiger partial charge in [-0.25, -0.2) is 15.0 Å². The Morgan fingerprint density at radius 2 is 2.20 bits per heavy atom. The molecule has 0 atom stereocenters. The van der Waals surface area contributed by atoms with Crippen LogP contribution in [0, 0.1) is 10.5 Å². The Morgan fingerprint density at radius 3 is 2.73 bits per heavy atom. The summed E-state index contributed by atoms with van der Waals surface area (Å²) in [6, 6.07) is 0. The molecule has 2 aromatic heterocycles. The Balaban J connectivity index is 2.55. The fraction of sp³-hybridized carbons (Fsp3) is 0.125. The monoisotopic (exact) mass is 352 g/mol. The lowest BCUT2D eigenvalue weighted by Gasteiger charge is -2.02. The van der Waals surface area contributed by atoms with Crippen LogP contribution in [0.25, 0.3) is 10.8 Å². The first-order chi connectivity index (χ1) is 7.08. The van der Waals surface area contributed by atoms with Crippen LogP contribution >= 0.6 is 45.5 Å². The average Bonchev–Trinajstić information content (AvgIpc) is 2.60. The molecule has 0 unspecified atom stereocenters. The van der Waals surface area contributed by atoms with Crippen LogP contribution in [0.5, 0.6) is 0 Å². The van der Waals surface area contributed by atoms with Crippen molar-refractivity contribution >= 4 is 51.3 Å². The van der Waals surface area contributed by atoms with Crippen LogP contribution in [-0.2, 0) is 0 Å². The topological polar surface area (TPSA) is 64.7 Å². The van der Waals surface area contributed by atoms with Crippen LogP contribution < -0.4 is 5.73 Å². The van der Waals surface area contributed by atoms with Crippen molar-refractivity contribution in [1.29, 1.82) is 0 Å². The van der Waals surface area contributed by atoms with Crippen LogP contribution in [0.2, 0.25) is 4.34 Å². The number of aryl methyl sites for hydroxylation is 1. The number of nitrogens with two attached hydrogens (primary N) is 1. The molecule has 0 spiro atoms. The molecule has 0 bridgehead atoms. The van der Waals surface area contributed by atoms with Crippen molar-refractivity contribution in [3.05, 3.63) is 19.8 Å². The number of nitrogen functional groups attached to an aromatic ring is 1. The van der Waals surface area contributed by atoms with Crippen molar-refractivity contribution < 1.29 is 0 Å². The van der Waals surface area contributed by atoms with Crippen molar-refractivity contribution in [2.45, 2.75) is 6.92 Å². The van der Waals surface area contributed by atoms with E-state index < -0.39 is 0 Å². The van der Waals surface area contributed by atoms with Gasteiger partial charge in [-0.05, 0) is 29.5 Å². The first-order valence-corrected chi connectivity index (χ1v) is 6.26. The third kappa shape index (κ3) is 2.21. The Bertz CT molecular complexity index is 490. The van der Waals surface area contributed by atoms with E-state index in [1.807, 2.05) is 6.92 Å². The van der Waals surface area contributed by atoms with E-state index in [0.717, 1.165) is 9.26 Å². The standard InChI is InChI=1S/C8H6ClIN4S/c1-3-5(10)6(11)14-7(13-3)8-12-2-4(9)15-8/h2H,1H3,(H2,11,13,14). The summed E-state index contributed by atoms with van der Waals surface area (Å²) in [5.74, 6) is 1.01. The van der Waals surface area contributed by atoms with Gasteiger partial charge in [0.15, 0.2) is 10.8 Å². The highest BCUT2D eigenvalue weighted by Gasteiger charge is 2.11. The fourth-order valence-electron chi connectivity index (χ4n) is 1.03. The summed E-state index contributed by atoms with van der Waals surface area (Å²) in [7, 11) is 0. The first-order valence-electron chi connectivity index (χ1n) is 3.99. The molecular weight excluding hydrogens is 347 g/mol. The minimum Gasteiger partial charge on any atom is -0.383 e. The number of hydrogen-bond donors (Lipinski definition) is 1. The second-order valence-corrected chi connectivity index (χ2v) is 5.54. The Kier molecular flexibility index (Phi) is 3.08. The van der Waals surface area contributed by atoms with Crippen molar-refractivity contribution in [2.75, 3.05) is 5.73 Å². The smallest absolute Gasteiger partial charge is 0.191 e. The molecule has 0 saturated carbocycles. The minimum absolute atomic E-state index is 0.476. The number of thiazole rings is 1. The van der Waals surface area contributed by atoms with Crippen LogP contribution in [0.3, 0.4) is 0 Å². The van der Waals surface area contributed by atoms with Crippen LogP contribution in [-0.4, -0.2) is 15.0 Å². The SMILES string of the molecule is Cc1nc(-c2ncc(Cl)s2)nc(N)c1I. The predicted molar refractivity (Wildman–Crippen MR) is 70.0 cm³/mol. The third-order valence-corrected chi connectivity index (χ3v) is 4.16. The van der Waals surface area contributed by atoms with Crippen LogP contribution in [0.1, 0.15) is 5.69 Å². The molecule has 0 aliphatic rings. The molecule has 0 fully saturated rings. The van der Waals surface area contributed by atoms with Crippen LogP contribution in [0.15, 0.2) is 6.20 Å². The number of nitrogens with zero attached hydrogens (tertiary/aromatic N) is 3. The maximum absolute atomic E-state index is 5.79. The van der Waals surface area contributed by atoms with Gasteiger partial charge in [-0.15, -0.1) is 0 Å². The molecule has 0 aromatic carbocycles. The molecule has 7 heteroatoms. The lowest BCUT2D eigenvalue weighted by Crippen LogP contribution is -2.01. The summed E-state index contributed by atoms with van der Waals surface area (Å²) in [5, 5.41) is 0.686.